The molecule has 1 unspecified atom stereocenters. The van der Waals surface area contributed by atoms with Gasteiger partial charge in [-0.25, -0.2) is 0 Å². The lowest BCUT2D eigenvalue weighted by molar-refractivity contribution is -0.238. The second-order valence-electron chi connectivity index (χ2n) is 13.9. The molecule has 1 N–H and O–H groups in total. The number of hydrogen-bond donors (Lipinski definition) is 1. The number of Topliss-reactive ketones (excluding diaryl/α,β-unsaturated/α-hetero) is 1. The van der Waals surface area contributed by atoms with Crippen molar-refractivity contribution in [3.05, 3.63) is 0 Å². The minimum atomic E-state index is -2.14. The molecule has 0 heterocycles. The monoisotopic (exact) mass is 540 g/mol. The quantitative estimate of drug-likeness (QED) is 0.262. The van der Waals surface area contributed by atoms with Crippen molar-refractivity contribution in [3.63, 3.8) is 0 Å². The van der Waals surface area contributed by atoms with Gasteiger partial charge in [0.1, 0.15) is 12.9 Å². The first kappa shape index (κ1) is 31.2. The fourth-order valence-electron chi connectivity index (χ4n) is 9.93. The second kappa shape index (κ2) is 11.7. The van der Waals surface area contributed by atoms with E-state index in [-0.39, 0.29) is 35.9 Å². The van der Waals surface area contributed by atoms with E-state index in [0.717, 1.165) is 19.3 Å². The van der Waals surface area contributed by atoms with Crippen LogP contribution >= 0.6 is 0 Å². The lowest BCUT2D eigenvalue weighted by Crippen LogP contribution is -2.69. The maximum Gasteiger partial charge on any atom is 0.200 e. The third-order valence-corrected chi connectivity index (χ3v) is 17.1. The number of methoxy groups -OCH3 is 2. The third kappa shape index (κ3) is 5.03. The van der Waals surface area contributed by atoms with Crippen molar-refractivity contribution in [2.75, 3.05) is 27.6 Å². The van der Waals surface area contributed by atoms with Gasteiger partial charge in [0.25, 0.3) is 0 Å². The summed E-state index contributed by atoms with van der Waals surface area (Å²) in [5, 5.41) is 11.2. The Morgan fingerprint density at radius 3 is 2.14 bits per heavy atom. The number of fused-ring (bicyclic) bond motifs is 3. The Hall–Kier alpha value is -0.313. The summed E-state index contributed by atoms with van der Waals surface area (Å²) in [6.07, 6.45) is 2.11. The molecule has 7 heteroatoms. The number of ketones is 1. The van der Waals surface area contributed by atoms with E-state index in [1.54, 1.807) is 14.2 Å². The lowest BCUT2D eigenvalue weighted by Gasteiger charge is -2.65. The van der Waals surface area contributed by atoms with E-state index >= 15 is 0 Å². The van der Waals surface area contributed by atoms with E-state index in [9.17, 15) is 9.90 Å². The number of aliphatic hydroxyl groups is 1. The molecule has 0 spiro atoms. The van der Waals surface area contributed by atoms with Gasteiger partial charge in [0.05, 0.1) is 12.2 Å². The molecule has 0 bridgehead atoms. The van der Waals surface area contributed by atoms with Gasteiger partial charge in [-0.15, -0.1) is 0 Å². The normalized spacial score (nSPS) is 40.8. The molecular weight excluding hydrogens is 484 g/mol. The van der Waals surface area contributed by atoms with Crippen LogP contribution in [0.3, 0.4) is 0 Å². The molecule has 0 aromatic rings. The largest absolute Gasteiger partial charge is 0.415 e. The van der Waals surface area contributed by atoms with Crippen LogP contribution in [0.5, 0.6) is 0 Å². The average Bonchev–Trinajstić information content (AvgIpc) is 2.78. The van der Waals surface area contributed by atoms with Crippen LogP contribution in [-0.4, -0.2) is 65.1 Å². The molecule has 9 atom stereocenters. The second-order valence-corrected chi connectivity index (χ2v) is 19.4. The molecule has 0 saturated heterocycles. The van der Waals surface area contributed by atoms with Gasteiger partial charge in [0.15, 0.2) is 14.1 Å². The van der Waals surface area contributed by atoms with Crippen LogP contribution in [0.4, 0.5) is 0 Å². The van der Waals surface area contributed by atoms with Gasteiger partial charge in [0.2, 0.25) is 0 Å². The number of aliphatic hydroxyl groups excluding tert-OH is 1. The third-order valence-electron chi connectivity index (χ3n) is 11.0. The molecule has 3 rings (SSSR count). The van der Waals surface area contributed by atoms with Crippen molar-refractivity contribution < 1.29 is 28.5 Å². The highest BCUT2D eigenvalue weighted by atomic mass is 28.4. The molecule has 0 aromatic heterocycles. The molecule has 3 saturated carbocycles. The molecule has 37 heavy (non-hydrogen) atoms. The van der Waals surface area contributed by atoms with Crippen LogP contribution in [0, 0.1) is 34.5 Å². The predicted molar refractivity (Wildman–Crippen MR) is 150 cm³/mol. The van der Waals surface area contributed by atoms with E-state index in [2.05, 4.69) is 62.3 Å². The molecule has 216 valence electrons. The van der Waals surface area contributed by atoms with Gasteiger partial charge in [0, 0.05) is 37.6 Å². The van der Waals surface area contributed by atoms with Crippen molar-refractivity contribution in [3.8, 4) is 0 Å². The molecule has 3 aliphatic carbocycles. The van der Waals surface area contributed by atoms with E-state index in [1.807, 2.05) is 0 Å². The van der Waals surface area contributed by atoms with Crippen LogP contribution in [0.1, 0.15) is 88.0 Å². The van der Waals surface area contributed by atoms with Gasteiger partial charge in [-0.1, -0.05) is 62.3 Å². The number of carbonyl (C=O) groups is 1. The highest BCUT2D eigenvalue weighted by Gasteiger charge is 2.68. The van der Waals surface area contributed by atoms with Crippen molar-refractivity contribution in [2.45, 2.75) is 123 Å². The first-order valence-corrected chi connectivity index (χ1v) is 16.9. The van der Waals surface area contributed by atoms with Gasteiger partial charge in [-0.05, 0) is 60.1 Å². The van der Waals surface area contributed by atoms with Gasteiger partial charge in [-0.2, -0.15) is 0 Å². The molecular formula is C30H56O6Si. The molecule has 0 aliphatic heterocycles. The summed E-state index contributed by atoms with van der Waals surface area (Å²) in [7, 11) is 1.16. The first-order valence-electron chi connectivity index (χ1n) is 14.7. The standard InChI is InChI=1S/C30H56O6Si/c1-18(2)37(19(3)4,20(5)6)36-16-30-13-12-23-21(7)14-24(31)28(34-11)29(23,9)27(30)25(32)26(22(8)15-30)35-17-33-10/h18-24,26-28,31H,12-17H2,1-11H3/t21-,22-,23+,24?,26-,27-,28-,29+,30+/m1/s1. The molecule has 0 radical (unpaired) electrons. The summed E-state index contributed by atoms with van der Waals surface area (Å²) in [6.45, 7) is 21.3. The number of rotatable bonds is 10. The van der Waals surface area contributed by atoms with E-state index < -0.39 is 25.9 Å². The number of ether oxygens (including phenoxy) is 3. The van der Waals surface area contributed by atoms with Crippen molar-refractivity contribution in [1.29, 1.82) is 0 Å². The topological polar surface area (TPSA) is 74.2 Å². The number of hydrogen-bond acceptors (Lipinski definition) is 6. The van der Waals surface area contributed by atoms with Crippen molar-refractivity contribution in [1.82, 2.24) is 0 Å². The fraction of sp³-hybridized carbons (Fsp3) is 0.967. The zero-order chi connectivity index (χ0) is 27.9. The van der Waals surface area contributed by atoms with E-state index in [0.29, 0.717) is 41.5 Å². The Morgan fingerprint density at radius 1 is 1.03 bits per heavy atom. The summed E-state index contributed by atoms with van der Waals surface area (Å²) in [5.74, 6) is 0.564. The Morgan fingerprint density at radius 2 is 1.62 bits per heavy atom. The van der Waals surface area contributed by atoms with Crippen molar-refractivity contribution in [2.24, 2.45) is 34.5 Å². The summed E-state index contributed by atoms with van der Waals surface area (Å²) < 4.78 is 24.6. The summed E-state index contributed by atoms with van der Waals surface area (Å²) in [5.41, 5.74) is 0.655. The molecule has 3 fully saturated rings. The predicted octanol–water partition coefficient (Wildman–Crippen LogP) is 6.21. The van der Waals surface area contributed by atoms with Crippen LogP contribution in [-0.2, 0) is 23.4 Å². The van der Waals surface area contributed by atoms with Crippen LogP contribution in [0.25, 0.3) is 0 Å². The molecule has 3 aliphatic rings. The highest BCUT2D eigenvalue weighted by molar-refractivity contribution is 6.77. The maximum atomic E-state index is 14.6. The van der Waals surface area contributed by atoms with Crippen LogP contribution < -0.4 is 0 Å². The van der Waals surface area contributed by atoms with E-state index in [1.165, 1.54) is 0 Å². The SMILES string of the molecule is COCO[C@H]1C(=O)[C@H]2[C@@](CO[Si](C(C)C)(C(C)C)C(C)C)(CC[C@H]3[C@H](C)CC(O)[C@@H](OC)[C@@]32C)C[C@H]1C. The Kier molecular flexibility index (Phi) is 9.84. The Balaban J connectivity index is 2.13. The maximum absolute atomic E-state index is 14.6. The minimum absolute atomic E-state index is 0.0720. The van der Waals surface area contributed by atoms with Crippen molar-refractivity contribution >= 4 is 14.1 Å². The minimum Gasteiger partial charge on any atom is -0.415 e. The summed E-state index contributed by atoms with van der Waals surface area (Å²) in [4.78, 5) is 14.6. The van der Waals surface area contributed by atoms with Gasteiger partial charge in [-0.3, -0.25) is 4.79 Å². The summed E-state index contributed by atoms with van der Waals surface area (Å²) >= 11 is 0. The van der Waals surface area contributed by atoms with Gasteiger partial charge < -0.3 is 23.7 Å². The highest BCUT2D eigenvalue weighted by Crippen LogP contribution is 2.66. The average molecular weight is 541 g/mol. The van der Waals surface area contributed by atoms with E-state index in [4.69, 9.17) is 18.6 Å². The molecule has 6 nitrogen and oxygen atoms in total. The Labute approximate surface area is 227 Å². The zero-order valence-electron chi connectivity index (χ0n) is 25.5. The summed E-state index contributed by atoms with van der Waals surface area (Å²) in [6, 6.07) is 0. The zero-order valence-corrected chi connectivity index (χ0v) is 26.5. The van der Waals surface area contributed by atoms with Crippen LogP contribution in [0.2, 0.25) is 16.6 Å². The molecule has 0 amide bonds. The molecule has 0 aromatic carbocycles. The Bertz CT molecular complexity index is 752. The lowest BCUT2D eigenvalue weighted by atomic mass is 9.41. The smallest absolute Gasteiger partial charge is 0.200 e. The van der Waals surface area contributed by atoms with Crippen LogP contribution in [0.15, 0.2) is 0 Å². The fourth-order valence-corrected chi connectivity index (χ4v) is 15.5. The first-order chi connectivity index (χ1) is 17.2. The van der Waals surface area contributed by atoms with Gasteiger partial charge >= 0.3 is 0 Å². The number of carbonyl (C=O) groups excluding carboxylic acids is 1.